The van der Waals surface area contributed by atoms with Crippen LogP contribution < -0.4 is 10.6 Å². The maximum Gasteiger partial charge on any atom is 0.410 e. The number of pyridine rings is 1. The number of amides is 1. The van der Waals surface area contributed by atoms with Crippen molar-refractivity contribution >= 4 is 17.6 Å². The van der Waals surface area contributed by atoms with Crippen molar-refractivity contribution in [3.8, 4) is 0 Å². The Hall–Kier alpha value is -1.98. The fraction of sp³-hybridized carbons (Fsp3) is 0.625. The molecule has 6 heteroatoms. The van der Waals surface area contributed by atoms with Crippen LogP contribution in [0.1, 0.15) is 32.8 Å². The molecule has 1 aliphatic rings. The third kappa shape index (κ3) is 3.81. The first-order valence-corrected chi connectivity index (χ1v) is 7.60. The Morgan fingerprint density at radius 2 is 2.18 bits per heavy atom. The van der Waals surface area contributed by atoms with Gasteiger partial charge in [-0.15, -0.1) is 0 Å². The molecule has 1 amide bonds. The van der Waals surface area contributed by atoms with Gasteiger partial charge < -0.3 is 20.3 Å². The fourth-order valence-electron chi connectivity index (χ4n) is 2.47. The quantitative estimate of drug-likeness (QED) is 0.908. The lowest BCUT2D eigenvalue weighted by Gasteiger charge is -2.28. The summed E-state index contributed by atoms with van der Waals surface area (Å²) < 4.78 is 5.42. The molecule has 2 N–H and O–H groups in total. The molecule has 0 saturated carbocycles. The number of carbonyl (C=O) groups excluding carboxylic acids is 1. The summed E-state index contributed by atoms with van der Waals surface area (Å²) in [5, 5.41) is 0. The number of nitrogens with two attached hydrogens (primary N) is 1. The van der Waals surface area contributed by atoms with E-state index in [1.54, 1.807) is 18.1 Å². The Morgan fingerprint density at radius 1 is 1.50 bits per heavy atom. The summed E-state index contributed by atoms with van der Waals surface area (Å²) >= 11 is 0. The largest absolute Gasteiger partial charge is 0.444 e. The number of hydrogen-bond acceptors (Lipinski definition) is 5. The molecule has 2 heterocycles. The third-order valence-corrected chi connectivity index (χ3v) is 3.85. The Balaban J connectivity index is 2.00. The SMILES string of the molecule is Cc1cc(N2CCC(N(C)C(=O)OC(C)(C)C)C2)ncc1N. The monoisotopic (exact) mass is 306 g/mol. The fourth-order valence-corrected chi connectivity index (χ4v) is 2.47. The second-order valence-corrected chi connectivity index (χ2v) is 6.88. The summed E-state index contributed by atoms with van der Waals surface area (Å²) in [7, 11) is 1.80. The molecule has 0 spiro atoms. The zero-order chi connectivity index (χ0) is 16.5. The molecule has 1 aliphatic heterocycles. The van der Waals surface area contributed by atoms with Crippen molar-refractivity contribution in [1.82, 2.24) is 9.88 Å². The third-order valence-electron chi connectivity index (χ3n) is 3.85. The number of rotatable bonds is 2. The average molecular weight is 306 g/mol. The normalized spacial score (nSPS) is 18.4. The first-order chi connectivity index (χ1) is 10.2. The highest BCUT2D eigenvalue weighted by Crippen LogP contribution is 2.24. The molecule has 1 fully saturated rings. The summed E-state index contributed by atoms with van der Waals surface area (Å²) in [5.74, 6) is 0.909. The molecule has 1 atom stereocenters. The number of aromatic nitrogens is 1. The number of aryl methyl sites for hydroxylation is 1. The minimum atomic E-state index is -0.473. The summed E-state index contributed by atoms with van der Waals surface area (Å²) in [6, 6.07) is 2.13. The molecule has 0 aromatic carbocycles. The predicted octanol–water partition coefficient (Wildman–Crippen LogP) is 2.42. The Morgan fingerprint density at radius 3 is 2.77 bits per heavy atom. The predicted molar refractivity (Wildman–Crippen MR) is 88.0 cm³/mol. The van der Waals surface area contributed by atoms with E-state index in [0.717, 1.165) is 30.9 Å². The van der Waals surface area contributed by atoms with E-state index in [1.807, 2.05) is 33.8 Å². The van der Waals surface area contributed by atoms with E-state index in [9.17, 15) is 4.79 Å². The van der Waals surface area contributed by atoms with E-state index in [1.165, 1.54) is 0 Å². The van der Waals surface area contributed by atoms with Crippen molar-refractivity contribution in [3.63, 3.8) is 0 Å². The van der Waals surface area contributed by atoms with Gasteiger partial charge in [0.05, 0.1) is 17.9 Å². The Bertz CT molecular complexity index is 554. The number of hydrogen-bond donors (Lipinski definition) is 1. The molecule has 0 radical (unpaired) electrons. The molecule has 22 heavy (non-hydrogen) atoms. The van der Waals surface area contributed by atoms with Gasteiger partial charge in [0, 0.05) is 20.1 Å². The van der Waals surface area contributed by atoms with Crippen molar-refractivity contribution in [3.05, 3.63) is 17.8 Å². The van der Waals surface area contributed by atoms with Crippen LogP contribution in [0.3, 0.4) is 0 Å². The molecule has 0 aliphatic carbocycles. The van der Waals surface area contributed by atoms with Gasteiger partial charge in [0.2, 0.25) is 0 Å². The molecule has 0 bridgehead atoms. The van der Waals surface area contributed by atoms with Crippen LogP contribution in [0.4, 0.5) is 16.3 Å². The van der Waals surface area contributed by atoms with Crippen molar-refractivity contribution in [2.45, 2.75) is 45.8 Å². The molecule has 1 saturated heterocycles. The average Bonchev–Trinajstić information content (AvgIpc) is 2.88. The van der Waals surface area contributed by atoms with Crippen LogP contribution in [0.5, 0.6) is 0 Å². The van der Waals surface area contributed by atoms with Crippen LogP contribution in [-0.4, -0.2) is 47.8 Å². The lowest BCUT2D eigenvalue weighted by Crippen LogP contribution is -2.42. The maximum atomic E-state index is 12.1. The summed E-state index contributed by atoms with van der Waals surface area (Å²) in [4.78, 5) is 20.4. The lowest BCUT2D eigenvalue weighted by atomic mass is 10.2. The minimum absolute atomic E-state index is 0.134. The number of nitrogen functional groups attached to an aromatic ring is 1. The van der Waals surface area contributed by atoms with Gasteiger partial charge in [0.1, 0.15) is 11.4 Å². The zero-order valence-corrected chi connectivity index (χ0v) is 14.1. The van der Waals surface area contributed by atoms with Gasteiger partial charge in [-0.1, -0.05) is 0 Å². The molecule has 6 nitrogen and oxygen atoms in total. The molecule has 1 aromatic rings. The van der Waals surface area contributed by atoms with E-state index >= 15 is 0 Å². The van der Waals surface area contributed by atoms with Gasteiger partial charge in [-0.25, -0.2) is 9.78 Å². The number of ether oxygens (including phenoxy) is 1. The second kappa shape index (κ2) is 6.02. The van der Waals surface area contributed by atoms with E-state index in [-0.39, 0.29) is 12.1 Å². The molecule has 2 rings (SSSR count). The van der Waals surface area contributed by atoms with Gasteiger partial charge in [-0.3, -0.25) is 0 Å². The van der Waals surface area contributed by atoms with Crippen LogP contribution in [0, 0.1) is 6.92 Å². The van der Waals surface area contributed by atoms with E-state index < -0.39 is 5.60 Å². The summed E-state index contributed by atoms with van der Waals surface area (Å²) in [6.45, 7) is 9.23. The molecule has 1 unspecified atom stereocenters. The van der Waals surface area contributed by atoms with Crippen molar-refractivity contribution in [2.24, 2.45) is 0 Å². The standard InChI is InChI=1S/C16H26N4O2/c1-11-8-14(18-9-13(11)17)20-7-6-12(10-20)19(5)15(21)22-16(2,3)4/h8-9,12H,6-7,10,17H2,1-5H3. The number of nitrogens with zero attached hydrogens (tertiary/aromatic N) is 3. The van der Waals surface area contributed by atoms with E-state index in [4.69, 9.17) is 10.5 Å². The first kappa shape index (κ1) is 16.4. The smallest absolute Gasteiger partial charge is 0.410 e. The van der Waals surface area contributed by atoms with Crippen LogP contribution in [0.2, 0.25) is 0 Å². The van der Waals surface area contributed by atoms with Gasteiger partial charge in [0.15, 0.2) is 0 Å². The highest BCUT2D eigenvalue weighted by molar-refractivity contribution is 5.68. The maximum absolute atomic E-state index is 12.1. The molecule has 1 aromatic heterocycles. The summed E-state index contributed by atoms with van der Waals surface area (Å²) in [5.41, 5.74) is 7.06. The molecular formula is C16H26N4O2. The number of carbonyl (C=O) groups is 1. The number of anilines is 2. The van der Waals surface area contributed by atoms with Crippen LogP contribution in [-0.2, 0) is 4.74 Å². The van der Waals surface area contributed by atoms with Gasteiger partial charge in [-0.2, -0.15) is 0 Å². The summed E-state index contributed by atoms with van der Waals surface area (Å²) in [6.07, 6.45) is 2.32. The van der Waals surface area contributed by atoms with Crippen molar-refractivity contribution in [1.29, 1.82) is 0 Å². The lowest BCUT2D eigenvalue weighted by molar-refractivity contribution is 0.0238. The van der Waals surface area contributed by atoms with E-state index in [0.29, 0.717) is 5.69 Å². The van der Waals surface area contributed by atoms with Crippen LogP contribution in [0.25, 0.3) is 0 Å². The van der Waals surface area contributed by atoms with Gasteiger partial charge in [-0.05, 0) is 45.7 Å². The van der Waals surface area contributed by atoms with Crippen molar-refractivity contribution in [2.75, 3.05) is 30.8 Å². The molecular weight excluding hydrogens is 280 g/mol. The van der Waals surface area contributed by atoms with E-state index in [2.05, 4.69) is 9.88 Å². The van der Waals surface area contributed by atoms with Crippen LogP contribution in [0.15, 0.2) is 12.3 Å². The minimum Gasteiger partial charge on any atom is -0.444 e. The first-order valence-electron chi connectivity index (χ1n) is 7.60. The van der Waals surface area contributed by atoms with Crippen molar-refractivity contribution < 1.29 is 9.53 Å². The Kier molecular flexibility index (Phi) is 4.49. The zero-order valence-electron chi connectivity index (χ0n) is 14.1. The second-order valence-electron chi connectivity index (χ2n) is 6.88. The highest BCUT2D eigenvalue weighted by Gasteiger charge is 2.31. The Labute approximate surface area is 132 Å². The highest BCUT2D eigenvalue weighted by atomic mass is 16.6. The van der Waals surface area contributed by atoms with Gasteiger partial charge in [0.25, 0.3) is 0 Å². The number of likely N-dealkylation sites (N-methyl/N-ethyl adjacent to an activating group) is 1. The molecule has 122 valence electrons. The topological polar surface area (TPSA) is 71.7 Å². The van der Waals surface area contributed by atoms with Crippen LogP contribution >= 0.6 is 0 Å². The van der Waals surface area contributed by atoms with Gasteiger partial charge >= 0.3 is 6.09 Å².